The number of halogens is 3. The minimum Gasteiger partial charge on any atom is -0.444 e. The number of H-pyrrole nitrogens is 1. The van der Waals surface area contributed by atoms with Crippen molar-refractivity contribution < 1.29 is 28.2 Å². The predicted octanol–water partition coefficient (Wildman–Crippen LogP) is 4.13. The summed E-state index contributed by atoms with van der Waals surface area (Å²) >= 11 is 12.3. The standard InChI is InChI=1S/C22H25Cl2FN4O5/c1-22(2,3)34-21(32)29-10-12(11-29)33-20(31)28-8-6-27(7-9-28)19(30)18-17(24)15-14(26-18)5-4-13(25)16(15)23/h4-5,12,26H,6-11H2,1-3H3. The molecule has 1 aromatic heterocycles. The molecule has 1 N–H and O–H groups in total. The molecule has 184 valence electrons. The summed E-state index contributed by atoms with van der Waals surface area (Å²) < 4.78 is 24.5. The molecule has 0 spiro atoms. The molecule has 0 saturated carbocycles. The van der Waals surface area contributed by atoms with Crippen molar-refractivity contribution in [2.24, 2.45) is 0 Å². The Kier molecular flexibility index (Phi) is 6.56. The summed E-state index contributed by atoms with van der Waals surface area (Å²) in [5.74, 6) is -0.987. The highest BCUT2D eigenvalue weighted by molar-refractivity contribution is 6.44. The monoisotopic (exact) mass is 514 g/mol. The fourth-order valence-corrected chi connectivity index (χ4v) is 4.42. The maximum Gasteiger partial charge on any atom is 0.410 e. The first-order chi connectivity index (χ1) is 15.9. The highest BCUT2D eigenvalue weighted by Crippen LogP contribution is 2.35. The topological polar surface area (TPSA) is 95.2 Å². The van der Waals surface area contributed by atoms with Crippen molar-refractivity contribution in [3.05, 3.63) is 33.7 Å². The van der Waals surface area contributed by atoms with Gasteiger partial charge < -0.3 is 29.2 Å². The second-order valence-corrected chi connectivity index (χ2v) is 10.0. The number of amides is 3. The summed E-state index contributed by atoms with van der Waals surface area (Å²) in [5.41, 5.74) is -0.00468. The lowest BCUT2D eigenvalue weighted by Gasteiger charge is -2.40. The lowest BCUT2D eigenvalue weighted by atomic mass is 10.2. The Morgan fingerprint density at radius 3 is 2.21 bits per heavy atom. The molecule has 0 radical (unpaired) electrons. The van der Waals surface area contributed by atoms with Gasteiger partial charge in [0.05, 0.1) is 23.1 Å². The lowest BCUT2D eigenvalue weighted by Crippen LogP contribution is -2.58. The maximum absolute atomic E-state index is 13.8. The highest BCUT2D eigenvalue weighted by Gasteiger charge is 2.37. The number of nitrogens with one attached hydrogen (secondary N) is 1. The summed E-state index contributed by atoms with van der Waals surface area (Å²) in [6.45, 7) is 7.02. The normalized spacial score (nSPS) is 17.1. The van der Waals surface area contributed by atoms with E-state index in [4.69, 9.17) is 32.7 Å². The zero-order valence-electron chi connectivity index (χ0n) is 19.0. The van der Waals surface area contributed by atoms with E-state index in [1.54, 1.807) is 25.7 Å². The molecular weight excluding hydrogens is 490 g/mol. The van der Waals surface area contributed by atoms with Crippen LogP contribution < -0.4 is 0 Å². The molecule has 2 saturated heterocycles. The Morgan fingerprint density at radius 1 is 0.971 bits per heavy atom. The maximum atomic E-state index is 13.8. The van der Waals surface area contributed by atoms with Crippen LogP contribution in [0.4, 0.5) is 14.0 Å². The Bertz CT molecular complexity index is 1130. The molecule has 9 nitrogen and oxygen atoms in total. The first-order valence-corrected chi connectivity index (χ1v) is 11.6. The number of benzene rings is 1. The molecule has 2 aliphatic rings. The Balaban J connectivity index is 1.28. The molecule has 1 aromatic carbocycles. The van der Waals surface area contributed by atoms with E-state index >= 15 is 0 Å². The van der Waals surface area contributed by atoms with Gasteiger partial charge in [0, 0.05) is 37.1 Å². The van der Waals surface area contributed by atoms with Crippen molar-refractivity contribution >= 4 is 52.2 Å². The zero-order chi connectivity index (χ0) is 24.8. The van der Waals surface area contributed by atoms with Gasteiger partial charge in [0.2, 0.25) is 0 Å². The summed E-state index contributed by atoms with van der Waals surface area (Å²) in [4.78, 5) is 44.9. The number of nitrogens with zero attached hydrogens (tertiary/aromatic N) is 3. The average Bonchev–Trinajstić information content (AvgIpc) is 3.08. The van der Waals surface area contributed by atoms with Gasteiger partial charge >= 0.3 is 12.2 Å². The first kappa shape index (κ1) is 24.4. The average molecular weight is 515 g/mol. The van der Waals surface area contributed by atoms with Gasteiger partial charge in [-0.15, -0.1) is 0 Å². The van der Waals surface area contributed by atoms with E-state index in [0.29, 0.717) is 5.52 Å². The van der Waals surface area contributed by atoms with Crippen LogP contribution in [0.25, 0.3) is 10.9 Å². The van der Waals surface area contributed by atoms with Crippen LogP contribution in [0.3, 0.4) is 0 Å². The molecule has 12 heteroatoms. The third-order valence-corrected chi connectivity index (χ3v) is 6.35. The Labute approximate surface area is 205 Å². The van der Waals surface area contributed by atoms with E-state index in [1.807, 2.05) is 0 Å². The molecule has 3 heterocycles. The number of rotatable bonds is 2. The molecular formula is C22H25Cl2FN4O5. The van der Waals surface area contributed by atoms with Crippen LogP contribution >= 0.6 is 23.2 Å². The van der Waals surface area contributed by atoms with E-state index in [9.17, 15) is 18.8 Å². The predicted molar refractivity (Wildman–Crippen MR) is 124 cm³/mol. The molecule has 0 aliphatic carbocycles. The number of carbonyl (C=O) groups is 3. The number of fused-ring (bicyclic) bond motifs is 1. The minimum absolute atomic E-state index is 0.0610. The number of hydrogen-bond acceptors (Lipinski definition) is 5. The van der Waals surface area contributed by atoms with Crippen molar-refractivity contribution in [1.29, 1.82) is 0 Å². The van der Waals surface area contributed by atoms with Gasteiger partial charge in [-0.05, 0) is 32.9 Å². The molecule has 2 aliphatic heterocycles. The number of ether oxygens (including phenoxy) is 2. The van der Waals surface area contributed by atoms with Crippen LogP contribution in [-0.4, -0.2) is 88.8 Å². The quantitative estimate of drug-likeness (QED) is 0.649. The molecule has 0 atom stereocenters. The van der Waals surface area contributed by atoms with Crippen LogP contribution in [-0.2, 0) is 9.47 Å². The highest BCUT2D eigenvalue weighted by atomic mass is 35.5. The Hall–Kier alpha value is -2.72. The number of likely N-dealkylation sites (tertiary alicyclic amines) is 1. The summed E-state index contributed by atoms with van der Waals surface area (Å²) in [6, 6.07) is 2.67. The van der Waals surface area contributed by atoms with Crippen molar-refractivity contribution in [3.63, 3.8) is 0 Å². The lowest BCUT2D eigenvalue weighted by molar-refractivity contribution is -0.0454. The molecule has 0 unspecified atom stereocenters. The minimum atomic E-state index is -0.623. The van der Waals surface area contributed by atoms with Gasteiger partial charge in [0.25, 0.3) is 5.91 Å². The number of hydrogen-bond donors (Lipinski definition) is 1. The second-order valence-electron chi connectivity index (χ2n) is 9.27. The molecule has 34 heavy (non-hydrogen) atoms. The van der Waals surface area contributed by atoms with Crippen LogP contribution in [0.2, 0.25) is 10.0 Å². The molecule has 2 aromatic rings. The number of piperazine rings is 1. The molecule has 2 fully saturated rings. The fraction of sp³-hybridized carbons (Fsp3) is 0.500. The number of carbonyl (C=O) groups excluding carboxylic acids is 3. The van der Waals surface area contributed by atoms with Gasteiger partial charge in [-0.25, -0.2) is 14.0 Å². The van der Waals surface area contributed by atoms with E-state index in [1.165, 1.54) is 21.9 Å². The summed E-state index contributed by atoms with van der Waals surface area (Å²) in [6.07, 6.45) is -1.33. The first-order valence-electron chi connectivity index (χ1n) is 10.8. The fourth-order valence-electron chi connectivity index (χ4n) is 3.79. The van der Waals surface area contributed by atoms with Gasteiger partial charge in [-0.1, -0.05) is 23.2 Å². The van der Waals surface area contributed by atoms with Gasteiger partial charge in [-0.2, -0.15) is 0 Å². The van der Waals surface area contributed by atoms with Crippen LogP contribution in [0, 0.1) is 5.82 Å². The van der Waals surface area contributed by atoms with Crippen molar-refractivity contribution in [2.75, 3.05) is 39.3 Å². The molecule has 0 bridgehead atoms. The van der Waals surface area contributed by atoms with Crippen LogP contribution in [0.5, 0.6) is 0 Å². The van der Waals surface area contributed by atoms with Gasteiger partial charge in [0.1, 0.15) is 23.2 Å². The third-order valence-electron chi connectivity index (χ3n) is 5.60. The largest absolute Gasteiger partial charge is 0.444 e. The van der Waals surface area contributed by atoms with Crippen molar-refractivity contribution in [1.82, 2.24) is 19.7 Å². The summed E-state index contributed by atoms with van der Waals surface area (Å²) in [7, 11) is 0. The zero-order valence-corrected chi connectivity index (χ0v) is 20.5. The van der Waals surface area contributed by atoms with E-state index in [-0.39, 0.29) is 66.3 Å². The van der Waals surface area contributed by atoms with E-state index in [0.717, 1.165) is 0 Å². The van der Waals surface area contributed by atoms with Crippen LogP contribution in [0.15, 0.2) is 12.1 Å². The van der Waals surface area contributed by atoms with Crippen molar-refractivity contribution in [3.8, 4) is 0 Å². The molecule has 3 amide bonds. The summed E-state index contributed by atoms with van der Waals surface area (Å²) in [5, 5.41) is 0.173. The number of aromatic amines is 1. The Morgan fingerprint density at radius 2 is 1.59 bits per heavy atom. The third kappa shape index (κ3) is 4.88. The van der Waals surface area contributed by atoms with Gasteiger partial charge in [-0.3, -0.25) is 4.79 Å². The molecule has 4 rings (SSSR count). The van der Waals surface area contributed by atoms with Crippen LogP contribution in [0.1, 0.15) is 31.3 Å². The second kappa shape index (κ2) is 9.14. The smallest absolute Gasteiger partial charge is 0.410 e. The van der Waals surface area contributed by atoms with Gasteiger partial charge in [0.15, 0.2) is 0 Å². The SMILES string of the molecule is CC(C)(C)OC(=O)N1CC(OC(=O)N2CCN(C(=O)c3[nH]c4ccc(F)c(Cl)c4c3Cl)CC2)C1. The number of aromatic nitrogens is 1. The van der Waals surface area contributed by atoms with E-state index in [2.05, 4.69) is 4.98 Å². The van der Waals surface area contributed by atoms with Crippen molar-refractivity contribution in [2.45, 2.75) is 32.5 Å². The van der Waals surface area contributed by atoms with E-state index < -0.39 is 29.7 Å².